The molecular weight excluding hydrogens is 423 g/mol. The highest BCUT2D eigenvalue weighted by Crippen LogP contribution is 2.41. The molecule has 152 valence electrons. The molecule has 0 saturated carbocycles. The molecule has 1 saturated heterocycles. The van der Waals surface area contributed by atoms with Gasteiger partial charge in [-0.05, 0) is 41.5 Å². The minimum Gasteiger partial charge on any atom is -0.493 e. The number of allylic oxidation sites excluding steroid dienone is 1. The summed E-state index contributed by atoms with van der Waals surface area (Å²) in [6.45, 7) is 0.204. The van der Waals surface area contributed by atoms with Gasteiger partial charge in [0, 0.05) is 11.6 Å². The van der Waals surface area contributed by atoms with Crippen LogP contribution in [0.1, 0.15) is 22.1 Å². The van der Waals surface area contributed by atoms with Gasteiger partial charge in [0.1, 0.15) is 23.3 Å². The van der Waals surface area contributed by atoms with Crippen LogP contribution in [0.3, 0.4) is 0 Å². The Kier molecular flexibility index (Phi) is 5.96. The van der Waals surface area contributed by atoms with Crippen molar-refractivity contribution in [3.05, 3.63) is 80.9 Å². The molecule has 1 fully saturated rings. The summed E-state index contributed by atoms with van der Waals surface area (Å²) in [6.07, 6.45) is 3.38. The third-order valence-corrected chi connectivity index (χ3v) is 6.29. The number of nitrogens with one attached hydrogen (secondary N) is 1. The van der Waals surface area contributed by atoms with Crippen LogP contribution in [0.15, 0.2) is 58.9 Å². The third kappa shape index (κ3) is 4.29. The summed E-state index contributed by atoms with van der Waals surface area (Å²) in [4.78, 5) is 17.5. The number of hydrogen-bond acceptors (Lipinski definition) is 7. The first-order valence-electron chi connectivity index (χ1n) is 9.02. The molecular formula is C22H17FN2O3S2. The average molecular weight is 441 g/mol. The van der Waals surface area contributed by atoms with E-state index in [0.717, 1.165) is 17.3 Å². The second-order valence-corrected chi connectivity index (χ2v) is 8.48. The number of Topliss-reactive ketones (excluding diaryl/α,β-unsaturated/α-hetero) is 1. The molecule has 0 aliphatic carbocycles. The van der Waals surface area contributed by atoms with E-state index >= 15 is 0 Å². The van der Waals surface area contributed by atoms with E-state index in [2.05, 4.69) is 4.98 Å². The monoisotopic (exact) mass is 440 g/mol. The van der Waals surface area contributed by atoms with Crippen LogP contribution < -0.4 is 9.47 Å². The van der Waals surface area contributed by atoms with Crippen LogP contribution >= 0.6 is 23.1 Å². The van der Waals surface area contributed by atoms with E-state index in [-0.39, 0.29) is 23.3 Å². The molecule has 2 aromatic carbocycles. The van der Waals surface area contributed by atoms with Gasteiger partial charge in [-0.3, -0.25) is 10.2 Å². The molecule has 1 aliphatic heterocycles. The molecule has 1 aromatic heterocycles. The van der Waals surface area contributed by atoms with Crippen molar-refractivity contribution < 1.29 is 18.7 Å². The van der Waals surface area contributed by atoms with Gasteiger partial charge >= 0.3 is 0 Å². The zero-order valence-corrected chi connectivity index (χ0v) is 17.6. The molecule has 30 heavy (non-hydrogen) atoms. The van der Waals surface area contributed by atoms with E-state index in [1.165, 1.54) is 30.6 Å². The number of benzene rings is 2. The Morgan fingerprint density at radius 3 is 2.83 bits per heavy atom. The molecule has 0 unspecified atom stereocenters. The maximum absolute atomic E-state index is 13.3. The number of nitrogens with zero attached hydrogens (tertiary/aromatic N) is 1. The first-order chi connectivity index (χ1) is 14.5. The molecule has 5 nitrogen and oxygen atoms in total. The Morgan fingerprint density at radius 2 is 2.10 bits per heavy atom. The predicted octanol–water partition coefficient (Wildman–Crippen LogP) is 5.29. The van der Waals surface area contributed by atoms with E-state index in [4.69, 9.17) is 14.9 Å². The number of thioether (sulfide) groups is 1. The molecule has 3 aromatic rings. The lowest BCUT2D eigenvalue weighted by atomic mass is 10.0. The zero-order valence-electron chi connectivity index (χ0n) is 15.9. The van der Waals surface area contributed by atoms with Crippen LogP contribution in [0.25, 0.3) is 6.08 Å². The molecule has 0 radical (unpaired) electrons. The summed E-state index contributed by atoms with van der Waals surface area (Å²) in [5.74, 6) is -0.0294. The summed E-state index contributed by atoms with van der Waals surface area (Å²) < 4.78 is 24.5. The average Bonchev–Trinajstić information content (AvgIpc) is 3.35. The molecule has 0 spiro atoms. The van der Waals surface area contributed by atoms with Gasteiger partial charge in [0.25, 0.3) is 0 Å². The lowest BCUT2D eigenvalue weighted by molar-refractivity contribution is -0.114. The maximum atomic E-state index is 13.3. The zero-order chi connectivity index (χ0) is 21.1. The molecule has 8 heteroatoms. The predicted molar refractivity (Wildman–Crippen MR) is 117 cm³/mol. The number of rotatable bonds is 6. The lowest BCUT2D eigenvalue weighted by Gasteiger charge is -2.11. The van der Waals surface area contributed by atoms with Crippen molar-refractivity contribution in [2.75, 3.05) is 7.11 Å². The summed E-state index contributed by atoms with van der Waals surface area (Å²) in [6, 6.07) is 11.5. The highest BCUT2D eigenvalue weighted by molar-refractivity contribution is 8.19. The number of methoxy groups -OCH3 is 1. The van der Waals surface area contributed by atoms with E-state index < -0.39 is 5.92 Å². The Hall–Kier alpha value is -2.97. The van der Waals surface area contributed by atoms with Crippen LogP contribution in [-0.4, -0.2) is 22.9 Å². The van der Waals surface area contributed by atoms with Gasteiger partial charge in [0.05, 0.1) is 17.1 Å². The van der Waals surface area contributed by atoms with E-state index in [9.17, 15) is 9.18 Å². The summed E-state index contributed by atoms with van der Waals surface area (Å²) in [7, 11) is 1.53. The van der Waals surface area contributed by atoms with Crippen molar-refractivity contribution in [2.24, 2.45) is 0 Å². The number of thiazole rings is 1. The van der Waals surface area contributed by atoms with Crippen molar-refractivity contribution in [2.45, 2.75) is 12.5 Å². The molecule has 4 rings (SSSR count). The SMILES string of the molecule is COc1cc(/C=C2\SC(=N)[C@@H](c3nccs3)C2=O)ccc1OCc1cccc(F)c1. The van der Waals surface area contributed by atoms with Crippen LogP contribution in [0, 0.1) is 11.2 Å². The number of aromatic nitrogens is 1. The van der Waals surface area contributed by atoms with Gasteiger partial charge in [-0.15, -0.1) is 11.3 Å². The minimum atomic E-state index is -0.614. The van der Waals surface area contributed by atoms with E-state index in [0.29, 0.717) is 27.0 Å². The second kappa shape index (κ2) is 8.81. The number of halogens is 1. The molecule has 2 heterocycles. The van der Waals surface area contributed by atoms with Gasteiger partial charge in [0.2, 0.25) is 0 Å². The fourth-order valence-electron chi connectivity index (χ4n) is 3.02. The highest BCUT2D eigenvalue weighted by Gasteiger charge is 2.38. The molecule has 1 aliphatic rings. The number of ether oxygens (including phenoxy) is 2. The Bertz CT molecular complexity index is 1130. The van der Waals surface area contributed by atoms with Gasteiger partial charge in [-0.25, -0.2) is 9.37 Å². The standard InChI is InChI=1S/C22H17FN2O3S2/c1-27-17-10-13(5-6-16(17)28-12-14-3-2-4-15(23)9-14)11-18-20(26)19(21(24)30-18)22-25-7-8-29-22/h2-11,19,24H,12H2,1H3/b18-11-,24-21?/t19-/m0/s1. The van der Waals surface area contributed by atoms with Crippen molar-refractivity contribution in [3.8, 4) is 11.5 Å². The number of ketones is 1. The summed E-state index contributed by atoms with van der Waals surface area (Å²) in [5.41, 5.74) is 1.47. The third-order valence-electron chi connectivity index (χ3n) is 4.45. The van der Waals surface area contributed by atoms with Gasteiger partial charge < -0.3 is 9.47 Å². The van der Waals surface area contributed by atoms with Crippen LogP contribution in [-0.2, 0) is 11.4 Å². The topological polar surface area (TPSA) is 72.3 Å². The number of carbonyl (C=O) groups excluding carboxylic acids is 1. The van der Waals surface area contributed by atoms with Crippen molar-refractivity contribution in [3.63, 3.8) is 0 Å². The highest BCUT2D eigenvalue weighted by atomic mass is 32.2. The Labute approximate surface area is 181 Å². The second-order valence-electron chi connectivity index (χ2n) is 6.47. The van der Waals surface area contributed by atoms with E-state index in [1.54, 1.807) is 41.9 Å². The summed E-state index contributed by atoms with van der Waals surface area (Å²) >= 11 is 2.53. The van der Waals surface area contributed by atoms with Crippen molar-refractivity contribution >= 4 is 40.0 Å². The fraction of sp³-hybridized carbons (Fsp3) is 0.136. The van der Waals surface area contributed by atoms with Crippen molar-refractivity contribution in [1.82, 2.24) is 4.98 Å². The molecule has 0 bridgehead atoms. The van der Waals surface area contributed by atoms with Crippen LogP contribution in [0.2, 0.25) is 0 Å². The number of carbonyl (C=O) groups is 1. The van der Waals surface area contributed by atoms with Crippen molar-refractivity contribution in [1.29, 1.82) is 5.41 Å². The van der Waals surface area contributed by atoms with Gasteiger partial charge in [-0.2, -0.15) is 0 Å². The maximum Gasteiger partial charge on any atom is 0.186 e. The molecule has 1 N–H and O–H groups in total. The number of hydrogen-bond donors (Lipinski definition) is 1. The smallest absolute Gasteiger partial charge is 0.186 e. The molecule has 1 atom stereocenters. The largest absolute Gasteiger partial charge is 0.493 e. The quantitative estimate of drug-likeness (QED) is 0.528. The fourth-order valence-corrected chi connectivity index (χ4v) is 4.83. The first kappa shape index (κ1) is 20.3. The minimum absolute atomic E-state index is 0.120. The van der Waals surface area contributed by atoms with Crippen LogP contribution in [0.5, 0.6) is 11.5 Å². The normalized spacial score (nSPS) is 17.5. The van der Waals surface area contributed by atoms with Crippen LogP contribution in [0.4, 0.5) is 4.39 Å². The first-order valence-corrected chi connectivity index (χ1v) is 10.7. The molecule has 0 amide bonds. The van der Waals surface area contributed by atoms with E-state index in [1.807, 2.05) is 6.07 Å². The Balaban J connectivity index is 1.53. The van der Waals surface area contributed by atoms with Gasteiger partial charge in [-0.1, -0.05) is 30.0 Å². The van der Waals surface area contributed by atoms with Gasteiger partial charge in [0.15, 0.2) is 17.3 Å². The summed E-state index contributed by atoms with van der Waals surface area (Å²) in [5, 5.41) is 10.9. The lowest BCUT2D eigenvalue weighted by Crippen LogP contribution is -2.11. The Morgan fingerprint density at radius 1 is 1.23 bits per heavy atom.